The van der Waals surface area contributed by atoms with Crippen molar-refractivity contribution < 1.29 is 20.1 Å². The van der Waals surface area contributed by atoms with Crippen LogP contribution in [0.1, 0.15) is 6.23 Å². The number of nitrogens with zero attached hydrogens (tertiary/aromatic N) is 5. The van der Waals surface area contributed by atoms with Crippen LogP contribution in [0.4, 0.5) is 0 Å². The number of ether oxygens (including phenoxy) is 1. The highest BCUT2D eigenvalue weighted by Gasteiger charge is 2.43. The van der Waals surface area contributed by atoms with Crippen LogP contribution >= 0.6 is 0 Å². The molecule has 110 valence electrons. The summed E-state index contributed by atoms with van der Waals surface area (Å²) in [5.74, 6) is 0. The quantitative estimate of drug-likeness (QED) is 0.536. The van der Waals surface area contributed by atoms with Crippen molar-refractivity contribution in [1.82, 2.24) is 23.9 Å². The van der Waals surface area contributed by atoms with Crippen LogP contribution in [0.5, 0.6) is 0 Å². The van der Waals surface area contributed by atoms with Crippen LogP contribution in [0.15, 0.2) is 25.0 Å². The average Bonchev–Trinajstić information content (AvgIpc) is 3.17. The van der Waals surface area contributed by atoms with Crippen LogP contribution in [0.3, 0.4) is 0 Å². The molecular weight excluding hydrogens is 278 g/mol. The molecule has 1 saturated heterocycles. The Hall–Kier alpha value is -2.07. The van der Waals surface area contributed by atoms with Gasteiger partial charge in [-0.1, -0.05) is 0 Å². The molecule has 0 amide bonds. The van der Waals surface area contributed by atoms with E-state index in [0.29, 0.717) is 16.8 Å². The predicted molar refractivity (Wildman–Crippen MR) is 69.3 cm³/mol. The number of aromatic nitrogens is 5. The molecule has 9 nitrogen and oxygen atoms in total. The lowest BCUT2D eigenvalue weighted by Gasteiger charge is -2.16. The first-order valence-electron chi connectivity index (χ1n) is 6.47. The van der Waals surface area contributed by atoms with Crippen LogP contribution in [0.25, 0.3) is 16.8 Å². The van der Waals surface area contributed by atoms with Gasteiger partial charge < -0.3 is 20.1 Å². The first-order chi connectivity index (χ1) is 10.2. The van der Waals surface area contributed by atoms with Gasteiger partial charge in [-0.15, -0.1) is 0 Å². The summed E-state index contributed by atoms with van der Waals surface area (Å²) >= 11 is 0. The van der Waals surface area contributed by atoms with Gasteiger partial charge >= 0.3 is 0 Å². The number of fused-ring (bicyclic) bond motifs is 3. The van der Waals surface area contributed by atoms with Crippen molar-refractivity contribution >= 4 is 16.8 Å². The molecule has 0 saturated carbocycles. The summed E-state index contributed by atoms with van der Waals surface area (Å²) in [6.07, 6.45) is 2.45. The molecule has 0 spiro atoms. The minimum atomic E-state index is -1.17. The third-order valence-corrected chi connectivity index (χ3v) is 3.74. The molecule has 1 aliphatic rings. The molecular formula is C12H13N5O4. The van der Waals surface area contributed by atoms with Crippen LogP contribution in [-0.4, -0.2) is 64.2 Å². The number of hydrogen-bond donors (Lipinski definition) is 3. The highest BCUT2D eigenvalue weighted by Crippen LogP contribution is 2.31. The highest BCUT2D eigenvalue weighted by atomic mass is 16.6. The fraction of sp³-hybridized carbons (Fsp3) is 0.417. The van der Waals surface area contributed by atoms with E-state index in [-0.39, 0.29) is 6.61 Å². The Morgan fingerprint density at radius 1 is 1.10 bits per heavy atom. The molecule has 1 aliphatic heterocycles. The zero-order valence-corrected chi connectivity index (χ0v) is 10.8. The third kappa shape index (κ3) is 1.69. The summed E-state index contributed by atoms with van der Waals surface area (Å²) in [5, 5.41) is 29.1. The van der Waals surface area contributed by atoms with Gasteiger partial charge in [0, 0.05) is 12.4 Å². The lowest BCUT2D eigenvalue weighted by atomic mass is 10.1. The summed E-state index contributed by atoms with van der Waals surface area (Å²) in [5.41, 5.74) is 1.70. The molecule has 4 atom stereocenters. The maximum atomic E-state index is 10.1. The lowest BCUT2D eigenvalue weighted by molar-refractivity contribution is -0.0511. The molecule has 1 fully saturated rings. The number of aliphatic hydroxyl groups is 3. The van der Waals surface area contributed by atoms with Gasteiger partial charge in [-0.3, -0.25) is 8.97 Å². The molecule has 3 aromatic heterocycles. The molecule has 3 N–H and O–H groups in total. The van der Waals surface area contributed by atoms with Gasteiger partial charge in [-0.2, -0.15) is 0 Å². The summed E-state index contributed by atoms with van der Waals surface area (Å²) in [6.45, 7) is -0.376. The summed E-state index contributed by atoms with van der Waals surface area (Å²) in [4.78, 5) is 12.7. The van der Waals surface area contributed by atoms with Gasteiger partial charge in [0.25, 0.3) is 0 Å². The Labute approximate surface area is 118 Å². The SMILES string of the molecule is OC[C@@H]1O[C@H](n2cnc3c2ncn2ccnc32)[C@@H](O)[C@@H]1O. The summed E-state index contributed by atoms with van der Waals surface area (Å²) < 4.78 is 8.76. The molecule has 4 rings (SSSR count). The van der Waals surface area contributed by atoms with Crippen molar-refractivity contribution in [3.8, 4) is 0 Å². The second-order valence-corrected chi connectivity index (χ2v) is 4.96. The molecule has 4 heterocycles. The van der Waals surface area contributed by atoms with Gasteiger partial charge in [-0.25, -0.2) is 15.0 Å². The van der Waals surface area contributed by atoms with E-state index in [0.717, 1.165) is 0 Å². The van der Waals surface area contributed by atoms with Gasteiger partial charge in [0.1, 0.15) is 24.6 Å². The fourth-order valence-corrected chi connectivity index (χ4v) is 2.64. The largest absolute Gasteiger partial charge is 0.394 e. The second kappa shape index (κ2) is 4.46. The topological polar surface area (TPSA) is 118 Å². The van der Waals surface area contributed by atoms with E-state index in [1.54, 1.807) is 23.1 Å². The maximum absolute atomic E-state index is 10.1. The Bertz CT molecular complexity index is 799. The summed E-state index contributed by atoms with van der Waals surface area (Å²) in [7, 11) is 0. The van der Waals surface area contributed by atoms with Crippen molar-refractivity contribution in [3.63, 3.8) is 0 Å². The van der Waals surface area contributed by atoms with E-state index in [9.17, 15) is 10.2 Å². The van der Waals surface area contributed by atoms with E-state index in [4.69, 9.17) is 9.84 Å². The van der Waals surface area contributed by atoms with Crippen LogP contribution < -0.4 is 0 Å². The smallest absolute Gasteiger partial charge is 0.167 e. The van der Waals surface area contributed by atoms with Gasteiger partial charge in [0.15, 0.2) is 23.0 Å². The normalized spacial score (nSPS) is 29.7. The van der Waals surface area contributed by atoms with Crippen molar-refractivity contribution in [2.24, 2.45) is 0 Å². The molecule has 9 heteroatoms. The van der Waals surface area contributed by atoms with Crippen LogP contribution in [-0.2, 0) is 4.74 Å². The Morgan fingerprint density at radius 3 is 2.71 bits per heavy atom. The number of imidazole rings is 2. The summed E-state index contributed by atoms with van der Waals surface area (Å²) in [6, 6.07) is 0. The number of hydrogen-bond acceptors (Lipinski definition) is 7. The minimum absolute atomic E-state index is 0.376. The Kier molecular flexibility index (Phi) is 2.69. The minimum Gasteiger partial charge on any atom is -0.394 e. The van der Waals surface area contributed by atoms with E-state index in [2.05, 4.69) is 15.0 Å². The van der Waals surface area contributed by atoms with E-state index < -0.39 is 24.5 Å². The third-order valence-electron chi connectivity index (χ3n) is 3.74. The lowest BCUT2D eigenvalue weighted by Crippen LogP contribution is -2.33. The van der Waals surface area contributed by atoms with Gasteiger partial charge in [-0.05, 0) is 0 Å². The van der Waals surface area contributed by atoms with Crippen molar-refractivity contribution in [3.05, 3.63) is 25.0 Å². The molecule has 0 bridgehead atoms. The first kappa shape index (κ1) is 12.7. The maximum Gasteiger partial charge on any atom is 0.167 e. The monoisotopic (exact) mass is 291 g/mol. The van der Waals surface area contributed by atoms with E-state index in [1.165, 1.54) is 10.9 Å². The zero-order chi connectivity index (χ0) is 14.6. The standard InChI is InChI=1S/C12H13N5O4/c18-3-6-8(19)9(20)12(21-6)17-5-14-7-10-13-1-2-16(10)4-15-11(7)17/h1-2,4-6,8-9,12,18-20H,3H2/t6-,8+,9-,12-/m0/s1. The zero-order valence-electron chi connectivity index (χ0n) is 10.8. The van der Waals surface area contributed by atoms with Crippen molar-refractivity contribution in [2.45, 2.75) is 24.5 Å². The van der Waals surface area contributed by atoms with Gasteiger partial charge in [0.05, 0.1) is 12.9 Å². The Balaban J connectivity index is 1.84. The predicted octanol–water partition coefficient (Wildman–Crippen LogP) is -1.31. The van der Waals surface area contributed by atoms with Crippen LogP contribution in [0.2, 0.25) is 0 Å². The molecule has 0 aromatic carbocycles. The first-order valence-corrected chi connectivity index (χ1v) is 6.47. The highest BCUT2D eigenvalue weighted by molar-refractivity contribution is 5.85. The number of rotatable bonds is 2. The number of aliphatic hydroxyl groups excluding tert-OH is 3. The molecule has 0 aliphatic carbocycles. The van der Waals surface area contributed by atoms with E-state index in [1.807, 2.05) is 0 Å². The molecule has 0 radical (unpaired) electrons. The van der Waals surface area contributed by atoms with Gasteiger partial charge in [0.2, 0.25) is 0 Å². The average molecular weight is 291 g/mol. The fourth-order valence-electron chi connectivity index (χ4n) is 2.64. The molecule has 3 aromatic rings. The molecule has 0 unspecified atom stereocenters. The van der Waals surface area contributed by atoms with Crippen molar-refractivity contribution in [1.29, 1.82) is 0 Å². The Morgan fingerprint density at radius 2 is 1.95 bits per heavy atom. The van der Waals surface area contributed by atoms with E-state index >= 15 is 0 Å². The van der Waals surface area contributed by atoms with Crippen LogP contribution in [0, 0.1) is 0 Å². The molecule has 21 heavy (non-hydrogen) atoms. The van der Waals surface area contributed by atoms with Crippen molar-refractivity contribution in [2.75, 3.05) is 6.61 Å². The second-order valence-electron chi connectivity index (χ2n) is 4.96.